The lowest BCUT2D eigenvalue weighted by Gasteiger charge is -2.42. The number of hydrogen-bond donors (Lipinski definition) is 2. The van der Waals surface area contributed by atoms with Crippen LogP contribution in [0.15, 0.2) is 48.5 Å². The highest BCUT2D eigenvalue weighted by molar-refractivity contribution is 5.99. The van der Waals surface area contributed by atoms with Crippen molar-refractivity contribution >= 4 is 23.5 Å². The van der Waals surface area contributed by atoms with Gasteiger partial charge in [0.25, 0.3) is 0 Å². The van der Waals surface area contributed by atoms with E-state index in [4.69, 9.17) is 4.74 Å². The third kappa shape index (κ3) is 6.55. The summed E-state index contributed by atoms with van der Waals surface area (Å²) in [6, 6.07) is 13.2. The first-order chi connectivity index (χ1) is 19.4. The van der Waals surface area contributed by atoms with Crippen LogP contribution in [-0.4, -0.2) is 80.1 Å². The van der Waals surface area contributed by atoms with E-state index in [1.807, 2.05) is 36.4 Å². The zero-order valence-corrected chi connectivity index (χ0v) is 23.0. The van der Waals surface area contributed by atoms with Crippen LogP contribution in [0.25, 0.3) is 0 Å². The van der Waals surface area contributed by atoms with E-state index in [0.29, 0.717) is 25.8 Å². The maximum Gasteiger partial charge on any atom is 0.324 e. The van der Waals surface area contributed by atoms with Crippen molar-refractivity contribution < 1.29 is 23.5 Å². The maximum absolute atomic E-state index is 13.2. The molecule has 40 heavy (non-hydrogen) atoms. The van der Waals surface area contributed by atoms with Crippen LogP contribution in [0.2, 0.25) is 0 Å². The number of rotatable bonds is 9. The molecule has 3 aliphatic rings. The molecule has 0 spiro atoms. The summed E-state index contributed by atoms with van der Waals surface area (Å²) >= 11 is 0. The third-order valence-corrected chi connectivity index (χ3v) is 8.37. The number of halogens is 1. The van der Waals surface area contributed by atoms with Gasteiger partial charge in [-0.25, -0.2) is 9.18 Å². The number of amides is 4. The van der Waals surface area contributed by atoms with Crippen LogP contribution in [0.3, 0.4) is 0 Å². The number of urea groups is 1. The molecule has 2 heterocycles. The summed E-state index contributed by atoms with van der Waals surface area (Å²) in [4.78, 5) is 44.8. The highest BCUT2D eigenvalue weighted by Crippen LogP contribution is 2.33. The van der Waals surface area contributed by atoms with E-state index in [1.54, 1.807) is 7.11 Å². The van der Waals surface area contributed by atoms with Crippen molar-refractivity contribution in [2.45, 2.75) is 38.3 Å². The predicted octanol–water partition coefficient (Wildman–Crippen LogP) is 3.00. The molecule has 0 radical (unpaired) electrons. The second-order valence-electron chi connectivity index (χ2n) is 10.9. The normalized spacial score (nSPS) is 23.4. The minimum atomic E-state index is -0.400. The highest BCUT2D eigenvalue weighted by Gasteiger charge is 2.45. The van der Waals surface area contributed by atoms with Crippen molar-refractivity contribution in [2.24, 2.45) is 11.8 Å². The third-order valence-electron chi connectivity index (χ3n) is 8.37. The van der Waals surface area contributed by atoms with Gasteiger partial charge in [-0.1, -0.05) is 12.1 Å². The van der Waals surface area contributed by atoms with Gasteiger partial charge < -0.3 is 20.3 Å². The summed E-state index contributed by atoms with van der Waals surface area (Å²) in [5.41, 5.74) is 1.90. The topological polar surface area (TPSA) is 94.2 Å². The molecule has 3 unspecified atom stereocenters. The molecular formula is C30H38FN5O4. The molecule has 2 aliphatic heterocycles. The maximum atomic E-state index is 13.2. The Morgan fingerprint density at radius 1 is 1.02 bits per heavy atom. The summed E-state index contributed by atoms with van der Waals surface area (Å²) in [6.45, 7) is 5.36. The van der Waals surface area contributed by atoms with Crippen LogP contribution in [0.4, 0.5) is 14.9 Å². The Morgan fingerprint density at radius 3 is 2.45 bits per heavy atom. The molecule has 0 bridgehead atoms. The molecule has 3 fully saturated rings. The van der Waals surface area contributed by atoms with Crippen LogP contribution in [0.1, 0.15) is 31.2 Å². The van der Waals surface area contributed by atoms with E-state index in [2.05, 4.69) is 20.4 Å². The van der Waals surface area contributed by atoms with Crippen LogP contribution in [0, 0.1) is 17.7 Å². The number of hydrogen-bond acceptors (Lipinski definition) is 6. The minimum absolute atomic E-state index is 0.00180. The summed E-state index contributed by atoms with van der Waals surface area (Å²) < 4.78 is 18.4. The summed E-state index contributed by atoms with van der Waals surface area (Å²) in [5.74, 6) is -0.168. The van der Waals surface area contributed by atoms with Gasteiger partial charge in [0.05, 0.1) is 19.6 Å². The lowest BCUT2D eigenvalue weighted by atomic mass is 9.76. The highest BCUT2D eigenvalue weighted by atomic mass is 19.1. The van der Waals surface area contributed by atoms with Gasteiger partial charge in [0.15, 0.2) is 0 Å². The standard InChI is InChI=1S/C30H38FN5O4/c1-40-25-10-3-21(4-11-25)20-36-29(38)26-12-5-22(19-27(26)33-30(36)39)28(37)32-13-2-14-34-15-17-35(18-16-34)24-8-6-23(31)7-9-24/h3-4,6-11,22,26-27H,2,5,12-20H2,1H3,(H,32,37)(H,33,39). The van der Waals surface area contributed by atoms with Crippen molar-refractivity contribution in [3.05, 3.63) is 59.9 Å². The number of imide groups is 1. The van der Waals surface area contributed by atoms with Crippen LogP contribution in [0.5, 0.6) is 5.75 Å². The molecule has 4 amide bonds. The number of ether oxygens (including phenoxy) is 1. The Hall–Kier alpha value is -3.66. The smallest absolute Gasteiger partial charge is 0.324 e. The van der Waals surface area contributed by atoms with E-state index in [9.17, 15) is 18.8 Å². The fourth-order valence-electron chi connectivity index (χ4n) is 6.00. The Kier molecular flexibility index (Phi) is 8.84. The first kappa shape index (κ1) is 27.9. The summed E-state index contributed by atoms with van der Waals surface area (Å²) in [7, 11) is 1.59. The molecular weight excluding hydrogens is 513 g/mol. The molecule has 2 N–H and O–H groups in total. The SMILES string of the molecule is COc1ccc(CN2C(=O)NC3CC(C(=O)NCCCN4CCN(c5ccc(F)cc5)CC4)CCC3C2=O)cc1. The number of benzene rings is 2. The lowest BCUT2D eigenvalue weighted by molar-refractivity contribution is -0.139. The van der Waals surface area contributed by atoms with Gasteiger partial charge in [-0.3, -0.25) is 19.4 Å². The van der Waals surface area contributed by atoms with E-state index in [0.717, 1.165) is 56.1 Å². The number of carbonyl (C=O) groups excluding carboxylic acids is 3. The number of piperazine rings is 1. The average molecular weight is 552 g/mol. The molecule has 9 nitrogen and oxygen atoms in total. The first-order valence-corrected chi connectivity index (χ1v) is 14.2. The lowest BCUT2D eigenvalue weighted by Crippen LogP contribution is -2.61. The van der Waals surface area contributed by atoms with E-state index >= 15 is 0 Å². The fraction of sp³-hybridized carbons (Fsp3) is 0.500. The number of nitrogens with one attached hydrogen (secondary N) is 2. The van der Waals surface area contributed by atoms with Crippen molar-refractivity contribution in [1.82, 2.24) is 20.4 Å². The Balaban J connectivity index is 1.02. The molecule has 2 aromatic rings. The van der Waals surface area contributed by atoms with Gasteiger partial charge in [0, 0.05) is 50.4 Å². The van der Waals surface area contributed by atoms with Gasteiger partial charge >= 0.3 is 6.03 Å². The second kappa shape index (κ2) is 12.7. The van der Waals surface area contributed by atoms with Crippen LogP contribution >= 0.6 is 0 Å². The number of anilines is 1. The Labute approximate surface area is 234 Å². The van der Waals surface area contributed by atoms with E-state index < -0.39 is 6.03 Å². The number of nitrogens with zero attached hydrogens (tertiary/aromatic N) is 3. The Morgan fingerprint density at radius 2 is 1.75 bits per heavy atom. The summed E-state index contributed by atoms with van der Waals surface area (Å²) in [6.07, 6.45) is 2.56. The fourth-order valence-corrected chi connectivity index (χ4v) is 6.00. The van der Waals surface area contributed by atoms with Crippen molar-refractivity contribution in [1.29, 1.82) is 0 Å². The largest absolute Gasteiger partial charge is 0.497 e. The molecule has 0 aromatic heterocycles. The van der Waals surface area contributed by atoms with Gasteiger partial charge in [-0.2, -0.15) is 0 Å². The van der Waals surface area contributed by atoms with Gasteiger partial charge in [0.2, 0.25) is 11.8 Å². The van der Waals surface area contributed by atoms with Crippen LogP contribution < -0.4 is 20.3 Å². The molecule has 214 valence electrons. The average Bonchev–Trinajstić information content (AvgIpc) is 2.98. The molecule has 3 atom stereocenters. The number of carbonyl (C=O) groups is 3. The number of fused-ring (bicyclic) bond motifs is 1. The minimum Gasteiger partial charge on any atom is -0.497 e. The van der Waals surface area contributed by atoms with Crippen molar-refractivity contribution in [2.75, 3.05) is 51.3 Å². The molecule has 1 aliphatic carbocycles. The monoisotopic (exact) mass is 551 g/mol. The predicted molar refractivity (Wildman–Crippen MR) is 149 cm³/mol. The quantitative estimate of drug-likeness (QED) is 0.466. The molecule has 10 heteroatoms. The molecule has 1 saturated carbocycles. The zero-order valence-electron chi connectivity index (χ0n) is 23.0. The van der Waals surface area contributed by atoms with Gasteiger partial charge in [-0.15, -0.1) is 0 Å². The van der Waals surface area contributed by atoms with Crippen LogP contribution in [-0.2, 0) is 16.1 Å². The van der Waals surface area contributed by atoms with Gasteiger partial charge in [-0.05, 0) is 74.2 Å². The van der Waals surface area contributed by atoms with E-state index in [1.165, 1.54) is 17.0 Å². The second-order valence-corrected chi connectivity index (χ2v) is 10.9. The van der Waals surface area contributed by atoms with Gasteiger partial charge in [0.1, 0.15) is 11.6 Å². The van der Waals surface area contributed by atoms with E-state index in [-0.39, 0.29) is 42.1 Å². The first-order valence-electron chi connectivity index (χ1n) is 14.2. The molecule has 2 aromatic carbocycles. The summed E-state index contributed by atoms with van der Waals surface area (Å²) in [5, 5.41) is 6.06. The molecule has 2 saturated heterocycles. The Bertz CT molecular complexity index is 1180. The molecule has 5 rings (SSSR count). The van der Waals surface area contributed by atoms with Crippen molar-refractivity contribution in [3.8, 4) is 5.75 Å². The zero-order chi connectivity index (χ0) is 28.1. The number of methoxy groups -OCH3 is 1. The van der Waals surface area contributed by atoms with Crippen molar-refractivity contribution in [3.63, 3.8) is 0 Å².